The highest BCUT2D eigenvalue weighted by Crippen LogP contribution is 2.30. The largest absolute Gasteiger partial charge is 0.357 e. The number of anilines is 1. The summed E-state index contributed by atoms with van der Waals surface area (Å²) in [6.07, 6.45) is 12.0. The number of nitrogens with one attached hydrogen (secondary N) is 1. The molecule has 0 aliphatic carbocycles. The van der Waals surface area contributed by atoms with Gasteiger partial charge in [-0.3, -0.25) is 9.78 Å². The van der Waals surface area contributed by atoms with Crippen LogP contribution in [0.5, 0.6) is 0 Å². The van der Waals surface area contributed by atoms with Crippen molar-refractivity contribution in [2.24, 2.45) is 7.05 Å². The number of aromatic nitrogens is 6. The van der Waals surface area contributed by atoms with Crippen LogP contribution in [0.25, 0.3) is 33.4 Å². The molecular weight excluding hydrogens is 362 g/mol. The number of nitrogens with zero attached hydrogens (tertiary/aromatic N) is 6. The van der Waals surface area contributed by atoms with E-state index in [2.05, 4.69) is 54.4 Å². The molecule has 1 fully saturated rings. The maximum atomic E-state index is 4.57. The van der Waals surface area contributed by atoms with Gasteiger partial charge in [0.05, 0.1) is 17.4 Å². The van der Waals surface area contributed by atoms with Crippen LogP contribution in [-0.2, 0) is 7.05 Å². The van der Waals surface area contributed by atoms with E-state index >= 15 is 0 Å². The molecule has 0 spiro atoms. The number of hydrogen-bond donors (Lipinski definition) is 1. The molecule has 1 N–H and O–H groups in total. The van der Waals surface area contributed by atoms with Gasteiger partial charge in [0.25, 0.3) is 0 Å². The molecule has 5 rings (SSSR count). The predicted molar refractivity (Wildman–Crippen MR) is 115 cm³/mol. The van der Waals surface area contributed by atoms with Crippen molar-refractivity contribution < 1.29 is 0 Å². The third-order valence-corrected chi connectivity index (χ3v) is 5.68. The van der Waals surface area contributed by atoms with Gasteiger partial charge in [0.15, 0.2) is 0 Å². The van der Waals surface area contributed by atoms with Crippen LogP contribution in [0, 0.1) is 0 Å². The van der Waals surface area contributed by atoms with E-state index in [9.17, 15) is 0 Å². The van der Waals surface area contributed by atoms with E-state index in [-0.39, 0.29) is 0 Å². The average Bonchev–Trinajstić information content (AvgIpc) is 3.33. The van der Waals surface area contributed by atoms with Gasteiger partial charge < -0.3 is 4.90 Å². The van der Waals surface area contributed by atoms with Crippen LogP contribution >= 0.6 is 0 Å². The molecule has 1 aliphatic rings. The Kier molecular flexibility index (Phi) is 4.71. The van der Waals surface area contributed by atoms with E-state index in [0.29, 0.717) is 0 Å². The molecule has 7 heteroatoms. The monoisotopic (exact) mass is 387 g/mol. The fraction of sp³-hybridized carbons (Fsp3) is 0.364. The van der Waals surface area contributed by atoms with Gasteiger partial charge in [0, 0.05) is 43.4 Å². The summed E-state index contributed by atoms with van der Waals surface area (Å²) in [5, 5.41) is 13.1. The first-order valence-corrected chi connectivity index (χ1v) is 10.3. The van der Waals surface area contributed by atoms with Crippen LogP contribution in [0.1, 0.15) is 32.1 Å². The number of benzene rings is 1. The van der Waals surface area contributed by atoms with Gasteiger partial charge in [0.1, 0.15) is 17.8 Å². The molecule has 1 saturated heterocycles. The number of H-pyrrole nitrogens is 1. The molecule has 0 atom stereocenters. The zero-order chi connectivity index (χ0) is 19.6. The molecule has 0 saturated carbocycles. The summed E-state index contributed by atoms with van der Waals surface area (Å²) in [5.41, 5.74) is 4.92. The summed E-state index contributed by atoms with van der Waals surface area (Å²) in [7, 11) is 1.93. The van der Waals surface area contributed by atoms with Crippen LogP contribution in [0.2, 0.25) is 0 Å². The second-order valence-electron chi connectivity index (χ2n) is 7.75. The third-order valence-electron chi connectivity index (χ3n) is 5.68. The minimum atomic E-state index is 0.853. The van der Waals surface area contributed by atoms with E-state index < -0.39 is 0 Å². The Labute approximate surface area is 169 Å². The Morgan fingerprint density at radius 1 is 0.931 bits per heavy atom. The molecule has 1 aliphatic heterocycles. The lowest BCUT2D eigenvalue weighted by Crippen LogP contribution is -2.27. The van der Waals surface area contributed by atoms with Crippen molar-refractivity contribution in [3.05, 3.63) is 43.0 Å². The van der Waals surface area contributed by atoms with Gasteiger partial charge in [-0.2, -0.15) is 10.2 Å². The third kappa shape index (κ3) is 3.60. The molecular formula is C22H25N7. The van der Waals surface area contributed by atoms with Gasteiger partial charge in [0.2, 0.25) is 0 Å². The van der Waals surface area contributed by atoms with Crippen molar-refractivity contribution in [3.63, 3.8) is 0 Å². The Balaban J connectivity index is 1.52. The van der Waals surface area contributed by atoms with Gasteiger partial charge in [-0.05, 0) is 30.5 Å². The summed E-state index contributed by atoms with van der Waals surface area (Å²) >= 11 is 0. The van der Waals surface area contributed by atoms with Crippen molar-refractivity contribution in [1.29, 1.82) is 0 Å². The number of aromatic amines is 1. The van der Waals surface area contributed by atoms with Gasteiger partial charge in [-0.15, -0.1) is 0 Å². The molecule has 3 aromatic heterocycles. The summed E-state index contributed by atoms with van der Waals surface area (Å²) in [6.45, 7) is 2.12. The van der Waals surface area contributed by atoms with Crippen LogP contribution in [0.4, 0.5) is 5.82 Å². The first kappa shape index (κ1) is 17.8. The second kappa shape index (κ2) is 7.66. The molecule has 7 nitrogen and oxygen atoms in total. The highest BCUT2D eigenvalue weighted by molar-refractivity contribution is 5.95. The Morgan fingerprint density at radius 3 is 2.55 bits per heavy atom. The lowest BCUT2D eigenvalue weighted by atomic mass is 10.0. The SMILES string of the molecule is Cn1cc(-c2ccc3[nH]nc(-c4cc(N5CCCCCCC5)ncn4)c3c2)cn1. The molecule has 29 heavy (non-hydrogen) atoms. The molecule has 0 radical (unpaired) electrons. The Morgan fingerprint density at radius 2 is 1.76 bits per heavy atom. The predicted octanol–water partition coefficient (Wildman–Crippen LogP) is 4.19. The number of hydrogen-bond acceptors (Lipinski definition) is 5. The maximum absolute atomic E-state index is 4.57. The highest BCUT2D eigenvalue weighted by atomic mass is 15.2. The fourth-order valence-corrected chi connectivity index (χ4v) is 4.09. The fourth-order valence-electron chi connectivity index (χ4n) is 4.09. The standard InChI is InChI=1S/C22H25N7/c1-28-14-17(13-25-28)16-7-8-19-18(11-16)22(27-26-19)20-12-21(24-15-23-20)29-9-5-3-2-4-6-10-29/h7-8,11-15H,2-6,9-10H2,1H3,(H,26,27). The molecule has 0 bridgehead atoms. The summed E-state index contributed by atoms with van der Waals surface area (Å²) in [6, 6.07) is 8.39. The number of fused-ring (bicyclic) bond motifs is 1. The normalized spacial score (nSPS) is 15.4. The summed E-state index contributed by atoms with van der Waals surface area (Å²) < 4.78 is 1.82. The van der Waals surface area contributed by atoms with Crippen molar-refractivity contribution >= 4 is 16.7 Å². The Bertz CT molecular complexity index is 1120. The lowest BCUT2D eigenvalue weighted by molar-refractivity contribution is 0.553. The van der Waals surface area contributed by atoms with E-state index in [1.165, 1.54) is 32.1 Å². The Hall–Kier alpha value is -3.22. The van der Waals surface area contributed by atoms with Gasteiger partial charge in [-0.1, -0.05) is 25.3 Å². The molecule has 148 valence electrons. The smallest absolute Gasteiger partial charge is 0.132 e. The van der Waals surface area contributed by atoms with E-state index in [1.807, 2.05) is 24.1 Å². The number of rotatable bonds is 3. The minimum Gasteiger partial charge on any atom is -0.357 e. The van der Waals surface area contributed by atoms with Crippen molar-refractivity contribution in [1.82, 2.24) is 29.9 Å². The van der Waals surface area contributed by atoms with Gasteiger partial charge in [-0.25, -0.2) is 9.97 Å². The highest BCUT2D eigenvalue weighted by Gasteiger charge is 2.15. The van der Waals surface area contributed by atoms with E-state index in [1.54, 1.807) is 6.33 Å². The zero-order valence-corrected chi connectivity index (χ0v) is 16.7. The quantitative estimate of drug-likeness (QED) is 0.570. The van der Waals surface area contributed by atoms with E-state index in [4.69, 9.17) is 0 Å². The van der Waals surface area contributed by atoms with Gasteiger partial charge >= 0.3 is 0 Å². The molecule has 0 amide bonds. The minimum absolute atomic E-state index is 0.853. The van der Waals surface area contributed by atoms with Crippen molar-refractivity contribution in [3.8, 4) is 22.5 Å². The molecule has 0 unspecified atom stereocenters. The summed E-state index contributed by atoms with van der Waals surface area (Å²) in [5.74, 6) is 0.997. The first-order valence-electron chi connectivity index (χ1n) is 10.3. The molecule has 1 aromatic carbocycles. The second-order valence-corrected chi connectivity index (χ2v) is 7.75. The number of aryl methyl sites for hydroxylation is 1. The van der Waals surface area contributed by atoms with E-state index in [0.717, 1.165) is 52.3 Å². The van der Waals surface area contributed by atoms with Crippen molar-refractivity contribution in [2.75, 3.05) is 18.0 Å². The lowest BCUT2D eigenvalue weighted by Gasteiger charge is -2.25. The first-order chi connectivity index (χ1) is 14.3. The summed E-state index contributed by atoms with van der Waals surface area (Å²) in [4.78, 5) is 11.5. The zero-order valence-electron chi connectivity index (χ0n) is 16.7. The molecule has 4 heterocycles. The van der Waals surface area contributed by atoms with Crippen molar-refractivity contribution in [2.45, 2.75) is 32.1 Å². The van der Waals surface area contributed by atoms with Crippen LogP contribution in [-0.4, -0.2) is 43.0 Å². The van der Waals surface area contributed by atoms with Crippen LogP contribution in [0.3, 0.4) is 0 Å². The van der Waals surface area contributed by atoms with Crippen LogP contribution in [0.15, 0.2) is 43.0 Å². The topological polar surface area (TPSA) is 75.5 Å². The molecule has 4 aromatic rings. The maximum Gasteiger partial charge on any atom is 0.132 e. The van der Waals surface area contributed by atoms with Crippen LogP contribution < -0.4 is 4.90 Å². The average molecular weight is 387 g/mol.